The van der Waals surface area contributed by atoms with Gasteiger partial charge in [0.15, 0.2) is 0 Å². The summed E-state index contributed by atoms with van der Waals surface area (Å²) in [5.41, 5.74) is 6.78. The highest BCUT2D eigenvalue weighted by molar-refractivity contribution is 7.98. The Bertz CT molecular complexity index is 340. The summed E-state index contributed by atoms with van der Waals surface area (Å²) in [5.74, 6) is 1.06. The van der Waals surface area contributed by atoms with E-state index in [4.69, 9.17) is 28.9 Å². The van der Waals surface area contributed by atoms with Crippen LogP contribution in [-0.4, -0.2) is 37.0 Å². The number of benzene rings is 1. The minimum absolute atomic E-state index is 0.0725. The van der Waals surface area contributed by atoms with E-state index in [1.54, 1.807) is 0 Å². The molecule has 2 nitrogen and oxygen atoms in total. The molecule has 0 aliphatic carbocycles. The lowest BCUT2D eigenvalue weighted by atomic mass is 10.1. The molecule has 0 aliphatic heterocycles. The first-order chi connectivity index (χ1) is 8.11. The SMILES string of the molecule is CSCCN(C)C(CN)c1c(Cl)cccc1Cl. The lowest BCUT2D eigenvalue weighted by Crippen LogP contribution is -2.32. The minimum atomic E-state index is 0.0725. The van der Waals surface area contributed by atoms with Gasteiger partial charge in [-0.25, -0.2) is 0 Å². The Morgan fingerprint density at radius 2 is 1.94 bits per heavy atom. The average molecular weight is 293 g/mol. The number of likely N-dealkylation sites (N-methyl/N-ethyl adjacent to an activating group) is 1. The van der Waals surface area contributed by atoms with Gasteiger partial charge in [0, 0.05) is 40.5 Å². The van der Waals surface area contributed by atoms with E-state index in [1.165, 1.54) is 0 Å². The third-order valence-corrected chi connectivity index (χ3v) is 3.99. The molecular formula is C12H18Cl2N2S. The molecule has 96 valence electrons. The molecule has 5 heteroatoms. The lowest BCUT2D eigenvalue weighted by molar-refractivity contribution is 0.266. The number of rotatable bonds is 6. The number of thioether (sulfide) groups is 1. The van der Waals surface area contributed by atoms with Crippen LogP contribution in [0.25, 0.3) is 0 Å². The summed E-state index contributed by atoms with van der Waals surface area (Å²) in [5, 5.41) is 1.37. The molecule has 0 radical (unpaired) electrons. The van der Waals surface area contributed by atoms with E-state index in [-0.39, 0.29) is 6.04 Å². The van der Waals surface area contributed by atoms with Crippen LogP contribution in [0.2, 0.25) is 10.0 Å². The van der Waals surface area contributed by atoms with Crippen LogP contribution in [0.15, 0.2) is 18.2 Å². The predicted molar refractivity (Wildman–Crippen MR) is 79.3 cm³/mol. The van der Waals surface area contributed by atoms with Crippen LogP contribution in [0.3, 0.4) is 0 Å². The number of nitrogens with two attached hydrogens (primary N) is 1. The van der Waals surface area contributed by atoms with Gasteiger partial charge in [0.25, 0.3) is 0 Å². The molecule has 1 rings (SSSR count). The smallest absolute Gasteiger partial charge is 0.0497 e. The minimum Gasteiger partial charge on any atom is -0.329 e. The molecule has 0 aliphatic rings. The molecule has 1 unspecified atom stereocenters. The van der Waals surface area contributed by atoms with Crippen molar-refractivity contribution in [1.82, 2.24) is 4.90 Å². The summed E-state index contributed by atoms with van der Waals surface area (Å²) < 4.78 is 0. The standard InChI is InChI=1S/C12H18Cl2N2S/c1-16(6-7-17-2)11(8-15)12-9(13)4-3-5-10(12)14/h3-5,11H,6-8,15H2,1-2H3. The van der Waals surface area contributed by atoms with Crippen LogP contribution in [0, 0.1) is 0 Å². The van der Waals surface area contributed by atoms with Crippen LogP contribution in [-0.2, 0) is 0 Å². The van der Waals surface area contributed by atoms with Gasteiger partial charge in [-0.15, -0.1) is 0 Å². The summed E-state index contributed by atoms with van der Waals surface area (Å²) in [4.78, 5) is 2.20. The van der Waals surface area contributed by atoms with Crippen LogP contribution in [0.1, 0.15) is 11.6 Å². The third-order valence-electron chi connectivity index (χ3n) is 2.74. The van der Waals surface area contributed by atoms with E-state index < -0.39 is 0 Å². The van der Waals surface area contributed by atoms with Crippen LogP contribution in [0.5, 0.6) is 0 Å². The second-order valence-corrected chi connectivity index (χ2v) is 5.66. The van der Waals surface area contributed by atoms with Crippen LogP contribution in [0.4, 0.5) is 0 Å². The fraction of sp³-hybridized carbons (Fsp3) is 0.500. The highest BCUT2D eigenvalue weighted by Crippen LogP contribution is 2.32. The number of nitrogens with zero attached hydrogens (tertiary/aromatic N) is 1. The lowest BCUT2D eigenvalue weighted by Gasteiger charge is -2.28. The predicted octanol–water partition coefficient (Wildman–Crippen LogP) is 3.29. The second kappa shape index (κ2) is 7.49. The first kappa shape index (κ1) is 15.1. The van der Waals surface area contributed by atoms with Gasteiger partial charge < -0.3 is 5.73 Å². The maximum Gasteiger partial charge on any atom is 0.0497 e. The third kappa shape index (κ3) is 4.04. The van der Waals surface area contributed by atoms with Crippen LogP contribution >= 0.6 is 35.0 Å². The highest BCUT2D eigenvalue weighted by Gasteiger charge is 2.20. The Morgan fingerprint density at radius 1 is 1.35 bits per heavy atom. The van der Waals surface area contributed by atoms with Crippen molar-refractivity contribution < 1.29 is 0 Å². The van der Waals surface area contributed by atoms with Gasteiger partial charge in [0.1, 0.15) is 0 Å². The molecule has 17 heavy (non-hydrogen) atoms. The van der Waals surface area contributed by atoms with Crippen molar-refractivity contribution in [3.8, 4) is 0 Å². The maximum atomic E-state index is 6.21. The Morgan fingerprint density at radius 3 is 2.41 bits per heavy atom. The van der Waals surface area contributed by atoms with E-state index in [1.807, 2.05) is 37.0 Å². The van der Waals surface area contributed by atoms with Gasteiger partial charge >= 0.3 is 0 Å². The van der Waals surface area contributed by atoms with Crippen molar-refractivity contribution >= 4 is 35.0 Å². The first-order valence-corrected chi connectivity index (χ1v) is 7.60. The molecule has 0 saturated heterocycles. The first-order valence-electron chi connectivity index (χ1n) is 5.45. The topological polar surface area (TPSA) is 29.3 Å². The molecule has 0 heterocycles. The zero-order valence-electron chi connectivity index (χ0n) is 10.1. The maximum absolute atomic E-state index is 6.21. The monoisotopic (exact) mass is 292 g/mol. The van der Waals surface area contributed by atoms with Gasteiger partial charge in [-0.3, -0.25) is 4.90 Å². The molecule has 0 spiro atoms. The molecule has 1 aromatic rings. The van der Waals surface area contributed by atoms with E-state index in [0.717, 1.165) is 17.9 Å². The van der Waals surface area contributed by atoms with Gasteiger partial charge in [0.2, 0.25) is 0 Å². The number of halogens is 2. The van der Waals surface area contributed by atoms with E-state index >= 15 is 0 Å². The van der Waals surface area contributed by atoms with Crippen molar-refractivity contribution in [1.29, 1.82) is 0 Å². The summed E-state index contributed by atoms with van der Waals surface area (Å²) >= 11 is 14.2. The van der Waals surface area contributed by atoms with Crippen LogP contribution < -0.4 is 5.73 Å². The van der Waals surface area contributed by atoms with Crippen molar-refractivity contribution in [3.63, 3.8) is 0 Å². The van der Waals surface area contributed by atoms with Crippen molar-refractivity contribution in [3.05, 3.63) is 33.8 Å². The molecule has 0 saturated carbocycles. The van der Waals surface area contributed by atoms with Gasteiger partial charge in [-0.05, 0) is 25.4 Å². The summed E-state index contributed by atoms with van der Waals surface area (Å²) in [6.45, 7) is 1.47. The zero-order valence-corrected chi connectivity index (χ0v) is 12.4. The van der Waals surface area contributed by atoms with Gasteiger partial charge in [-0.2, -0.15) is 11.8 Å². The van der Waals surface area contributed by atoms with Gasteiger partial charge in [-0.1, -0.05) is 29.3 Å². The fourth-order valence-electron chi connectivity index (χ4n) is 1.74. The Labute approximate surface area is 117 Å². The highest BCUT2D eigenvalue weighted by atomic mass is 35.5. The Kier molecular flexibility index (Phi) is 6.67. The van der Waals surface area contributed by atoms with Gasteiger partial charge in [0.05, 0.1) is 0 Å². The molecule has 0 bridgehead atoms. The average Bonchev–Trinajstić information content (AvgIpc) is 2.31. The quantitative estimate of drug-likeness (QED) is 0.872. The molecular weight excluding hydrogens is 275 g/mol. The Hall–Kier alpha value is 0.0700. The molecule has 1 atom stereocenters. The van der Waals surface area contributed by atoms with Crippen molar-refractivity contribution in [2.75, 3.05) is 32.1 Å². The van der Waals surface area contributed by atoms with E-state index in [2.05, 4.69) is 11.2 Å². The molecule has 0 fully saturated rings. The molecule has 0 aromatic heterocycles. The summed E-state index contributed by atoms with van der Waals surface area (Å²) in [6.07, 6.45) is 2.09. The fourth-order valence-corrected chi connectivity index (χ4v) is 2.86. The number of hydrogen-bond donors (Lipinski definition) is 1. The summed E-state index contributed by atoms with van der Waals surface area (Å²) in [6, 6.07) is 5.63. The molecule has 0 amide bonds. The Balaban J connectivity index is 2.93. The largest absolute Gasteiger partial charge is 0.329 e. The van der Waals surface area contributed by atoms with E-state index in [0.29, 0.717) is 16.6 Å². The number of hydrogen-bond acceptors (Lipinski definition) is 3. The van der Waals surface area contributed by atoms with Crippen molar-refractivity contribution in [2.24, 2.45) is 5.73 Å². The van der Waals surface area contributed by atoms with Crippen molar-refractivity contribution in [2.45, 2.75) is 6.04 Å². The summed E-state index contributed by atoms with van der Waals surface area (Å²) in [7, 11) is 2.05. The molecule has 1 aromatic carbocycles. The normalized spacial score (nSPS) is 13.1. The van der Waals surface area contributed by atoms with E-state index in [9.17, 15) is 0 Å². The second-order valence-electron chi connectivity index (χ2n) is 3.86. The molecule has 2 N–H and O–H groups in total. The zero-order chi connectivity index (χ0) is 12.8.